The Labute approximate surface area is 343 Å². The average molecular weight is 813 g/mol. The fraction of sp³-hybridized carbons (Fsp3) is 0.535. The molecule has 0 aliphatic carbocycles. The van der Waals surface area contributed by atoms with Gasteiger partial charge in [-0.1, -0.05) is 73.6 Å². The lowest BCUT2D eigenvalue weighted by Gasteiger charge is -2.08. The highest BCUT2D eigenvalue weighted by atomic mass is 16.5. The zero-order valence-corrected chi connectivity index (χ0v) is 36.5. The van der Waals surface area contributed by atoms with Crippen LogP contribution in [0.4, 0.5) is 0 Å². The molecule has 58 heavy (non-hydrogen) atoms. The number of nitrogens with zero attached hydrogens (tertiary/aromatic N) is 3. The van der Waals surface area contributed by atoms with Crippen molar-refractivity contribution in [3.05, 3.63) is 77.1 Å². The van der Waals surface area contributed by atoms with Gasteiger partial charge < -0.3 is 23.7 Å². The first-order valence-corrected chi connectivity index (χ1v) is 19.7. The smallest absolute Gasteiger partial charge is 0.344 e. The second kappa shape index (κ2) is 28.7. The molecular weight excluding hydrogens is 748 g/mol. The van der Waals surface area contributed by atoms with Gasteiger partial charge in [0.05, 0.1) is 56.3 Å². The van der Waals surface area contributed by atoms with Crippen LogP contribution in [0.2, 0.25) is 0 Å². The molecule has 0 radical (unpaired) electrons. The number of ether oxygens (including phenoxy) is 5. The van der Waals surface area contributed by atoms with Crippen molar-refractivity contribution in [1.29, 1.82) is 0 Å². The van der Waals surface area contributed by atoms with E-state index in [-0.39, 0.29) is 65.8 Å². The van der Waals surface area contributed by atoms with Crippen molar-refractivity contribution in [3.8, 4) is 5.69 Å². The molecule has 0 bridgehead atoms. The molecule has 1 N–H and O–H groups in total. The van der Waals surface area contributed by atoms with Gasteiger partial charge in [-0.3, -0.25) is 19.5 Å². The van der Waals surface area contributed by atoms with Crippen LogP contribution in [0.15, 0.2) is 54.6 Å². The van der Waals surface area contributed by atoms with E-state index in [1.54, 1.807) is 73.2 Å². The van der Waals surface area contributed by atoms with Crippen LogP contribution in [-0.4, -0.2) is 88.5 Å². The van der Waals surface area contributed by atoms with Crippen LogP contribution in [0.1, 0.15) is 140 Å². The Hall–Kier alpha value is -5.60. The molecule has 0 unspecified atom stereocenters. The third kappa shape index (κ3) is 19.0. The molecule has 3 aromatic rings. The third-order valence-electron chi connectivity index (χ3n) is 7.47. The van der Waals surface area contributed by atoms with Crippen molar-refractivity contribution in [1.82, 2.24) is 20.0 Å². The Morgan fingerprint density at radius 2 is 1.24 bits per heavy atom. The Kier molecular flexibility index (Phi) is 26.0. The maximum absolute atomic E-state index is 11.9. The molecule has 322 valence electrons. The number of H-pyrrole nitrogens is 1. The second-order valence-corrected chi connectivity index (χ2v) is 13.5. The van der Waals surface area contributed by atoms with Crippen molar-refractivity contribution in [3.63, 3.8) is 0 Å². The van der Waals surface area contributed by atoms with Crippen LogP contribution in [0.3, 0.4) is 0 Å². The number of carbonyl (C=O) groups is 6. The zero-order chi connectivity index (χ0) is 44.4. The highest BCUT2D eigenvalue weighted by Gasteiger charge is 2.23. The van der Waals surface area contributed by atoms with E-state index in [0.717, 1.165) is 17.1 Å². The van der Waals surface area contributed by atoms with E-state index >= 15 is 0 Å². The number of aromatic nitrogens is 4. The van der Waals surface area contributed by atoms with Gasteiger partial charge in [-0.05, 0) is 58.6 Å². The lowest BCUT2D eigenvalue weighted by Crippen LogP contribution is -2.20. The summed E-state index contributed by atoms with van der Waals surface area (Å²) in [6.07, 6.45) is 4.34. The molecule has 1 aromatic carbocycles. The minimum Gasteiger partial charge on any atom is -0.500 e. The topological polar surface area (TPSA) is 195 Å². The van der Waals surface area contributed by atoms with E-state index in [1.165, 1.54) is 12.5 Å². The third-order valence-corrected chi connectivity index (χ3v) is 7.47. The predicted octanol–water partition coefficient (Wildman–Crippen LogP) is 7.74. The molecule has 0 saturated carbocycles. The largest absolute Gasteiger partial charge is 0.500 e. The molecule has 0 aliphatic rings. The van der Waals surface area contributed by atoms with Crippen LogP contribution < -0.4 is 0 Å². The van der Waals surface area contributed by atoms with Crippen LogP contribution >= 0.6 is 0 Å². The molecule has 0 saturated heterocycles. The highest BCUT2D eigenvalue weighted by molar-refractivity contribution is 6.17. The van der Waals surface area contributed by atoms with E-state index in [2.05, 4.69) is 20.0 Å². The molecule has 2 aromatic heterocycles. The normalized spacial score (nSPS) is 10.7. The molecule has 0 atom stereocenters. The number of nitrogens with one attached hydrogen (secondary N) is 1. The van der Waals surface area contributed by atoms with E-state index in [9.17, 15) is 28.8 Å². The van der Waals surface area contributed by atoms with Crippen molar-refractivity contribution < 1.29 is 52.5 Å². The maximum Gasteiger partial charge on any atom is 0.344 e. The fourth-order valence-corrected chi connectivity index (χ4v) is 4.45. The summed E-state index contributed by atoms with van der Waals surface area (Å²) in [5.41, 5.74) is 3.59. The first-order valence-electron chi connectivity index (χ1n) is 19.7. The van der Waals surface area contributed by atoms with Gasteiger partial charge in [0, 0.05) is 18.0 Å². The van der Waals surface area contributed by atoms with Gasteiger partial charge in [-0.2, -0.15) is 10.2 Å². The van der Waals surface area contributed by atoms with Gasteiger partial charge in [0.2, 0.25) is 0 Å². The Morgan fingerprint density at radius 1 is 0.690 bits per heavy atom. The number of carbonyl (C=O) groups excluding carboxylic acids is 6. The summed E-state index contributed by atoms with van der Waals surface area (Å²) in [4.78, 5) is 67.9. The van der Waals surface area contributed by atoms with Crippen molar-refractivity contribution >= 4 is 35.4 Å². The summed E-state index contributed by atoms with van der Waals surface area (Å²) in [6.45, 7) is 25.5. The Morgan fingerprint density at radius 3 is 1.71 bits per heavy atom. The number of Topliss-reactive ketones (excluding diaryl/α,β-unsaturated/α-hetero) is 2. The van der Waals surface area contributed by atoms with Crippen LogP contribution in [0.5, 0.6) is 0 Å². The molecular formula is C43H64N4O11. The molecule has 0 fully saturated rings. The van der Waals surface area contributed by atoms with Crippen LogP contribution in [-0.2, 0) is 42.9 Å². The van der Waals surface area contributed by atoms with Crippen molar-refractivity contribution in [2.24, 2.45) is 11.8 Å². The first-order chi connectivity index (χ1) is 27.4. The van der Waals surface area contributed by atoms with Gasteiger partial charge in [0.15, 0.2) is 5.78 Å². The minimum atomic E-state index is -0.621. The second-order valence-electron chi connectivity index (χ2n) is 13.5. The molecule has 3 rings (SSSR count). The molecule has 2 heterocycles. The quantitative estimate of drug-likeness (QED) is 0.0347. The number of hydrogen-bond donors (Lipinski definition) is 1. The van der Waals surface area contributed by atoms with E-state index < -0.39 is 11.9 Å². The minimum absolute atomic E-state index is 0.0197. The SMILES string of the molecule is CCOC(=O)CC(=O)C(C)C.CCOC(=O)c1cn(-c2ccccc2)nc1C(C)C.CCOC(=O)c1cn[nH]c1C(C)C.CCOC=C(C(=O)OCC)C(=O)C(C)C. The average Bonchev–Trinajstić information content (AvgIpc) is 3.86. The molecule has 15 nitrogen and oxygen atoms in total. The monoisotopic (exact) mass is 812 g/mol. The Bertz CT molecular complexity index is 1740. The van der Waals surface area contributed by atoms with Crippen LogP contribution in [0, 0.1) is 11.8 Å². The zero-order valence-electron chi connectivity index (χ0n) is 36.5. The summed E-state index contributed by atoms with van der Waals surface area (Å²) in [6, 6.07) is 9.73. The van der Waals surface area contributed by atoms with Crippen LogP contribution in [0.25, 0.3) is 5.69 Å². The van der Waals surface area contributed by atoms with E-state index in [4.69, 9.17) is 18.9 Å². The van der Waals surface area contributed by atoms with Gasteiger partial charge in [-0.15, -0.1) is 0 Å². The summed E-state index contributed by atoms with van der Waals surface area (Å²) in [7, 11) is 0. The number of rotatable bonds is 17. The number of ketones is 2. The Balaban J connectivity index is 0.000000764. The summed E-state index contributed by atoms with van der Waals surface area (Å²) >= 11 is 0. The van der Waals surface area contributed by atoms with Gasteiger partial charge in [0.25, 0.3) is 0 Å². The lowest BCUT2D eigenvalue weighted by molar-refractivity contribution is -0.146. The van der Waals surface area contributed by atoms with E-state index in [0.29, 0.717) is 37.6 Å². The van der Waals surface area contributed by atoms with Crippen molar-refractivity contribution in [2.45, 2.75) is 108 Å². The summed E-state index contributed by atoms with van der Waals surface area (Å²) in [5, 5.41) is 11.1. The van der Waals surface area contributed by atoms with Gasteiger partial charge in [0.1, 0.15) is 35.2 Å². The summed E-state index contributed by atoms with van der Waals surface area (Å²) in [5.74, 6) is -1.90. The standard InChI is InChI=1S/C15H18N2O2.C11H18O4.C9H14N2O2.C8H14O3/c1-4-19-15(18)13-10-17(16-14(13)11(2)3)12-8-6-5-7-9-12;1-5-14-7-9(10(12)8(3)4)11(13)15-6-2;1-4-13-9(12)7-5-10-11-8(7)6(2)3;1-4-11-8(10)5-7(9)6(2)3/h5-11H,4H2,1-3H3;7-8H,5-6H2,1-4H3;5-6H,4H2,1-3H3,(H,10,11);6H,4-5H2,1-3H3. The van der Waals surface area contributed by atoms with E-state index in [1.807, 2.05) is 58.0 Å². The number of hydrogen-bond acceptors (Lipinski definition) is 13. The maximum atomic E-state index is 11.9. The predicted molar refractivity (Wildman–Crippen MR) is 220 cm³/mol. The van der Waals surface area contributed by atoms with Gasteiger partial charge >= 0.3 is 23.9 Å². The number of aromatic amines is 1. The molecule has 0 spiro atoms. The first kappa shape index (κ1) is 52.4. The highest BCUT2D eigenvalue weighted by Crippen LogP contribution is 2.21. The molecule has 0 aliphatic heterocycles. The number of benzene rings is 1. The fourth-order valence-electron chi connectivity index (χ4n) is 4.45. The number of para-hydroxylation sites is 1. The van der Waals surface area contributed by atoms with Gasteiger partial charge in [-0.25, -0.2) is 19.1 Å². The molecule has 15 heteroatoms. The summed E-state index contributed by atoms with van der Waals surface area (Å²) < 4.78 is 26.0. The van der Waals surface area contributed by atoms with Crippen molar-refractivity contribution in [2.75, 3.05) is 33.0 Å². The number of esters is 4. The molecule has 0 amide bonds. The lowest BCUT2D eigenvalue weighted by atomic mass is 10.0.